The van der Waals surface area contributed by atoms with Crippen LogP contribution in [-0.2, 0) is 16.1 Å². The van der Waals surface area contributed by atoms with Gasteiger partial charge in [0, 0.05) is 62.7 Å². The summed E-state index contributed by atoms with van der Waals surface area (Å²) in [4.78, 5) is 32.2. The van der Waals surface area contributed by atoms with Crippen molar-refractivity contribution in [1.29, 1.82) is 0 Å². The molecule has 0 saturated carbocycles. The summed E-state index contributed by atoms with van der Waals surface area (Å²) < 4.78 is 45.3. The Kier molecular flexibility index (Phi) is 9.95. The fourth-order valence-electron chi connectivity index (χ4n) is 5.09. The molecule has 2 heterocycles. The molecule has 0 radical (unpaired) electrons. The van der Waals surface area contributed by atoms with E-state index < -0.39 is 47.2 Å². The summed E-state index contributed by atoms with van der Waals surface area (Å²) in [6.07, 6.45) is 1.10. The normalized spacial score (nSPS) is 19.0. The molecule has 0 aliphatic carbocycles. The number of aliphatic hydroxyl groups is 1. The largest absolute Gasteiger partial charge is 0.384 e. The Morgan fingerprint density at radius 3 is 2.67 bits per heavy atom. The van der Waals surface area contributed by atoms with Crippen LogP contribution in [0.4, 0.5) is 13.2 Å². The predicted molar refractivity (Wildman–Crippen MR) is 142 cm³/mol. The number of alkyl halides is 1. The van der Waals surface area contributed by atoms with Gasteiger partial charge in [-0.3, -0.25) is 9.59 Å². The van der Waals surface area contributed by atoms with Gasteiger partial charge in [0.2, 0.25) is 5.91 Å². The van der Waals surface area contributed by atoms with Gasteiger partial charge < -0.3 is 25.2 Å². The lowest BCUT2D eigenvalue weighted by molar-refractivity contribution is -0.147. The highest BCUT2D eigenvalue weighted by atomic mass is 19.1. The molecule has 3 unspecified atom stereocenters. The number of nitrogens with one attached hydrogen (secondary N) is 2. The highest BCUT2D eigenvalue weighted by Crippen LogP contribution is 2.43. The van der Waals surface area contributed by atoms with Crippen molar-refractivity contribution < 1.29 is 27.9 Å². The minimum atomic E-state index is -1.41. The van der Waals surface area contributed by atoms with Gasteiger partial charge in [-0.1, -0.05) is 19.9 Å². The molecule has 4 atom stereocenters. The Labute approximate surface area is 227 Å². The number of amides is 2. The first-order valence-corrected chi connectivity index (χ1v) is 13.1. The van der Waals surface area contributed by atoms with Gasteiger partial charge in [-0.15, -0.1) is 6.58 Å². The second kappa shape index (κ2) is 12.8. The SMILES string of the molecule is C=CCCn1cc(-c2cc(F)ccc2F)nc1C(N(CC1CNCC1F)C(=O)[C@H](C)O)C(C)(C)CC(=O)NC. The van der Waals surface area contributed by atoms with Gasteiger partial charge in [-0.25, -0.2) is 18.2 Å². The number of benzene rings is 1. The summed E-state index contributed by atoms with van der Waals surface area (Å²) in [5.41, 5.74) is -0.895. The average molecular weight is 550 g/mol. The summed E-state index contributed by atoms with van der Waals surface area (Å²) >= 11 is 0. The number of aliphatic hydroxyl groups excluding tert-OH is 1. The number of halogens is 3. The molecule has 1 saturated heterocycles. The highest BCUT2D eigenvalue weighted by molar-refractivity contribution is 5.81. The fraction of sp³-hybridized carbons (Fsp3) is 0.536. The van der Waals surface area contributed by atoms with Gasteiger partial charge in [0.1, 0.15) is 29.7 Å². The molecule has 3 rings (SSSR count). The van der Waals surface area contributed by atoms with Crippen LogP contribution in [0.3, 0.4) is 0 Å². The van der Waals surface area contributed by atoms with Crippen molar-refractivity contribution in [3.05, 3.63) is 54.5 Å². The number of rotatable bonds is 12. The number of hydrogen-bond acceptors (Lipinski definition) is 5. The molecule has 0 spiro atoms. The molecule has 0 bridgehead atoms. The van der Waals surface area contributed by atoms with Crippen molar-refractivity contribution in [1.82, 2.24) is 25.1 Å². The first-order valence-electron chi connectivity index (χ1n) is 13.1. The van der Waals surface area contributed by atoms with Gasteiger partial charge in [0.15, 0.2) is 0 Å². The zero-order chi connectivity index (χ0) is 28.9. The number of aryl methyl sites for hydroxylation is 1. The van der Waals surface area contributed by atoms with E-state index in [-0.39, 0.29) is 36.7 Å². The van der Waals surface area contributed by atoms with Gasteiger partial charge >= 0.3 is 0 Å². The van der Waals surface area contributed by atoms with E-state index in [9.17, 15) is 27.9 Å². The summed E-state index contributed by atoms with van der Waals surface area (Å²) in [5, 5.41) is 16.0. The van der Waals surface area contributed by atoms with E-state index in [0.29, 0.717) is 25.3 Å². The van der Waals surface area contributed by atoms with E-state index in [2.05, 4.69) is 17.2 Å². The molecule has 3 N–H and O–H groups in total. The molecule has 39 heavy (non-hydrogen) atoms. The van der Waals surface area contributed by atoms with Crippen molar-refractivity contribution in [2.45, 2.75) is 58.5 Å². The quantitative estimate of drug-likeness (QED) is 0.353. The second-order valence-electron chi connectivity index (χ2n) is 10.7. The molecule has 8 nitrogen and oxygen atoms in total. The smallest absolute Gasteiger partial charge is 0.251 e. The molecule has 1 aliphatic rings. The van der Waals surface area contributed by atoms with Gasteiger partial charge in [-0.05, 0) is 31.5 Å². The summed E-state index contributed by atoms with van der Waals surface area (Å²) in [6.45, 7) is 9.43. The van der Waals surface area contributed by atoms with Gasteiger partial charge in [0.25, 0.3) is 5.91 Å². The van der Waals surface area contributed by atoms with Gasteiger partial charge in [0.05, 0.1) is 11.7 Å². The van der Waals surface area contributed by atoms with Crippen LogP contribution in [0.5, 0.6) is 0 Å². The fourth-order valence-corrected chi connectivity index (χ4v) is 5.09. The second-order valence-corrected chi connectivity index (χ2v) is 10.7. The molecular weight excluding hydrogens is 511 g/mol. The van der Waals surface area contributed by atoms with Crippen LogP contribution in [0.2, 0.25) is 0 Å². The van der Waals surface area contributed by atoms with Crippen LogP contribution in [0, 0.1) is 23.0 Å². The Balaban J connectivity index is 2.25. The number of aromatic nitrogens is 2. The minimum absolute atomic E-state index is 0.0301. The van der Waals surface area contributed by atoms with E-state index in [1.807, 2.05) is 0 Å². The number of allylic oxidation sites excluding steroid dienone is 1. The molecule has 1 fully saturated rings. The van der Waals surface area contributed by atoms with Crippen molar-refractivity contribution >= 4 is 11.8 Å². The number of nitrogens with zero attached hydrogens (tertiary/aromatic N) is 3. The summed E-state index contributed by atoms with van der Waals surface area (Å²) in [5.74, 6) is -2.50. The minimum Gasteiger partial charge on any atom is -0.384 e. The van der Waals surface area contributed by atoms with Crippen LogP contribution in [-0.4, -0.2) is 70.3 Å². The average Bonchev–Trinajstić information content (AvgIpc) is 3.48. The first-order chi connectivity index (χ1) is 18.4. The zero-order valence-electron chi connectivity index (χ0n) is 22.9. The maximum Gasteiger partial charge on any atom is 0.251 e. The summed E-state index contributed by atoms with van der Waals surface area (Å²) in [7, 11) is 1.50. The van der Waals surface area contributed by atoms with Crippen molar-refractivity contribution in [2.75, 3.05) is 26.7 Å². The molecule has 214 valence electrons. The number of carbonyl (C=O) groups excluding carboxylic acids is 2. The van der Waals surface area contributed by atoms with E-state index in [1.54, 1.807) is 30.7 Å². The predicted octanol–water partition coefficient (Wildman–Crippen LogP) is 3.37. The third kappa shape index (κ3) is 7.07. The van der Waals surface area contributed by atoms with E-state index in [4.69, 9.17) is 4.98 Å². The number of imidazole rings is 1. The lowest BCUT2D eigenvalue weighted by Gasteiger charge is -2.43. The molecule has 2 amide bonds. The van der Waals surface area contributed by atoms with E-state index in [0.717, 1.165) is 18.2 Å². The van der Waals surface area contributed by atoms with Gasteiger partial charge in [-0.2, -0.15) is 0 Å². The maximum absolute atomic E-state index is 14.8. The third-order valence-electron chi connectivity index (χ3n) is 7.11. The summed E-state index contributed by atoms with van der Waals surface area (Å²) in [6, 6.07) is 2.13. The topological polar surface area (TPSA) is 99.5 Å². The van der Waals surface area contributed by atoms with Crippen molar-refractivity contribution in [3.8, 4) is 11.3 Å². The van der Waals surface area contributed by atoms with E-state index in [1.165, 1.54) is 18.9 Å². The molecule has 1 aromatic carbocycles. The van der Waals surface area contributed by atoms with Crippen LogP contribution < -0.4 is 10.6 Å². The Bertz CT molecular complexity index is 1180. The number of carbonyl (C=O) groups is 2. The third-order valence-corrected chi connectivity index (χ3v) is 7.11. The van der Waals surface area contributed by atoms with Crippen LogP contribution >= 0.6 is 0 Å². The monoisotopic (exact) mass is 549 g/mol. The van der Waals surface area contributed by atoms with Crippen LogP contribution in [0.25, 0.3) is 11.3 Å². The highest BCUT2D eigenvalue weighted by Gasteiger charge is 2.44. The number of hydrogen-bond donors (Lipinski definition) is 3. The van der Waals surface area contributed by atoms with Crippen LogP contribution in [0.15, 0.2) is 37.1 Å². The maximum atomic E-state index is 14.8. The van der Waals surface area contributed by atoms with E-state index >= 15 is 0 Å². The molecule has 11 heteroatoms. The zero-order valence-corrected chi connectivity index (χ0v) is 22.9. The lowest BCUT2D eigenvalue weighted by atomic mass is 9.78. The Morgan fingerprint density at radius 2 is 2.08 bits per heavy atom. The van der Waals surface area contributed by atoms with Crippen molar-refractivity contribution in [3.63, 3.8) is 0 Å². The molecule has 1 aliphatic heterocycles. The molecule has 1 aromatic heterocycles. The Hall–Kier alpha value is -3.18. The Morgan fingerprint density at radius 1 is 1.36 bits per heavy atom. The van der Waals surface area contributed by atoms with Crippen LogP contribution in [0.1, 0.15) is 45.5 Å². The first kappa shape index (κ1) is 30.4. The standard InChI is InChI=1S/C28H38F3N5O3/c1-6-7-10-35-16-23(20-11-19(29)8-9-21(20)30)34-26(35)25(28(3,4)12-24(38)32-5)36(27(39)17(2)37)15-18-13-33-14-22(18)31/h6,8-9,11,16-18,22,25,33,37H,1,7,10,12-15H2,2-5H3,(H,32,38)/t17-,18?,22?,25?/m0/s1. The molecular formula is C28H38F3N5O3. The van der Waals surface area contributed by atoms with Crippen molar-refractivity contribution in [2.24, 2.45) is 11.3 Å². The lowest BCUT2D eigenvalue weighted by Crippen LogP contribution is -2.50. The molecule has 2 aromatic rings.